The quantitative estimate of drug-likeness (QED) is 0.182. The van der Waals surface area contributed by atoms with Crippen molar-refractivity contribution in [1.29, 1.82) is 5.26 Å². The van der Waals surface area contributed by atoms with Crippen molar-refractivity contribution in [1.82, 2.24) is 15.0 Å². The molecule has 52 heavy (non-hydrogen) atoms. The van der Waals surface area contributed by atoms with Crippen molar-refractivity contribution in [2.75, 3.05) is 0 Å². The minimum Gasteiger partial charge on any atom is -0.456 e. The molecule has 10 rings (SSSR count). The van der Waals surface area contributed by atoms with Crippen LogP contribution >= 0.6 is 0 Å². The molecule has 242 valence electrons. The minimum absolute atomic E-state index is 0.498. The fraction of sp³-hybridized carbons (Fsp3) is 0. The molecule has 0 aliphatic carbocycles. The Labute approximate surface area is 297 Å². The summed E-state index contributed by atoms with van der Waals surface area (Å²) < 4.78 is 12.7. The summed E-state index contributed by atoms with van der Waals surface area (Å²) >= 11 is 0. The fourth-order valence-electron chi connectivity index (χ4n) is 7.08. The standard InChI is InChI=1S/C46H26N4O2/c47-27-34-16-8-18-37-36-22-20-32(25-40(36)52-43(34)37)45-48-44(29-12-5-2-6-13-29)49-46(50-45)33-21-23-38-41(26-33)51-39-19-9-17-35(42(38)39)31-15-7-14-30(24-31)28-10-3-1-4-11-28/h1-26H. The van der Waals surface area contributed by atoms with Gasteiger partial charge in [0.25, 0.3) is 0 Å². The van der Waals surface area contributed by atoms with Crippen molar-refractivity contribution >= 4 is 43.9 Å². The Hall–Kier alpha value is -7.36. The first-order valence-electron chi connectivity index (χ1n) is 17.0. The van der Waals surface area contributed by atoms with Gasteiger partial charge < -0.3 is 8.83 Å². The van der Waals surface area contributed by atoms with E-state index in [4.69, 9.17) is 23.8 Å². The first-order chi connectivity index (χ1) is 25.7. The molecule has 0 atom stereocenters. The summed E-state index contributed by atoms with van der Waals surface area (Å²) in [6, 6.07) is 55.1. The Kier molecular flexibility index (Phi) is 6.76. The van der Waals surface area contributed by atoms with E-state index in [-0.39, 0.29) is 0 Å². The molecule has 0 radical (unpaired) electrons. The highest BCUT2D eigenvalue weighted by atomic mass is 16.3. The van der Waals surface area contributed by atoms with E-state index in [0.717, 1.165) is 66.1 Å². The van der Waals surface area contributed by atoms with E-state index < -0.39 is 0 Å². The van der Waals surface area contributed by atoms with Crippen molar-refractivity contribution < 1.29 is 8.83 Å². The van der Waals surface area contributed by atoms with Crippen LogP contribution < -0.4 is 0 Å². The third-order valence-corrected chi connectivity index (χ3v) is 9.58. The highest BCUT2D eigenvalue weighted by molar-refractivity contribution is 6.13. The Morgan fingerprint density at radius 3 is 1.73 bits per heavy atom. The highest BCUT2D eigenvalue weighted by Crippen LogP contribution is 2.39. The molecule has 7 aromatic carbocycles. The number of para-hydroxylation sites is 1. The molecule has 10 aromatic rings. The van der Waals surface area contributed by atoms with E-state index >= 15 is 0 Å². The van der Waals surface area contributed by atoms with Crippen LogP contribution in [-0.4, -0.2) is 15.0 Å². The van der Waals surface area contributed by atoms with Crippen LogP contribution in [-0.2, 0) is 0 Å². The number of rotatable bonds is 5. The number of hydrogen-bond acceptors (Lipinski definition) is 6. The smallest absolute Gasteiger partial charge is 0.164 e. The van der Waals surface area contributed by atoms with E-state index in [0.29, 0.717) is 34.2 Å². The molecule has 0 saturated carbocycles. The first kappa shape index (κ1) is 29.5. The summed E-state index contributed by atoms with van der Waals surface area (Å²) in [6.07, 6.45) is 0. The van der Waals surface area contributed by atoms with E-state index in [1.54, 1.807) is 6.07 Å². The second-order valence-electron chi connectivity index (χ2n) is 12.7. The van der Waals surface area contributed by atoms with Crippen molar-refractivity contribution in [2.24, 2.45) is 0 Å². The predicted octanol–water partition coefficient (Wildman–Crippen LogP) is 11.9. The molecule has 0 unspecified atom stereocenters. The lowest BCUT2D eigenvalue weighted by Gasteiger charge is -2.09. The molecule has 6 nitrogen and oxygen atoms in total. The Bertz CT molecular complexity index is 3030. The van der Waals surface area contributed by atoms with Crippen LogP contribution in [0.5, 0.6) is 0 Å². The van der Waals surface area contributed by atoms with Crippen molar-refractivity contribution in [3.05, 3.63) is 163 Å². The van der Waals surface area contributed by atoms with Gasteiger partial charge in [-0.05, 0) is 64.7 Å². The molecular formula is C46H26N4O2. The lowest BCUT2D eigenvalue weighted by Crippen LogP contribution is -2.00. The average Bonchev–Trinajstić information content (AvgIpc) is 3.79. The zero-order chi connectivity index (χ0) is 34.6. The molecule has 0 aliphatic rings. The molecule has 0 spiro atoms. The summed E-state index contributed by atoms with van der Waals surface area (Å²) in [6.45, 7) is 0. The molecule has 3 heterocycles. The van der Waals surface area contributed by atoms with Gasteiger partial charge in [-0.25, -0.2) is 15.0 Å². The third kappa shape index (κ3) is 4.92. The van der Waals surface area contributed by atoms with Gasteiger partial charge in [0.15, 0.2) is 23.1 Å². The van der Waals surface area contributed by atoms with Gasteiger partial charge in [0, 0.05) is 38.2 Å². The van der Waals surface area contributed by atoms with E-state index in [9.17, 15) is 5.26 Å². The lowest BCUT2D eigenvalue weighted by atomic mass is 9.96. The maximum atomic E-state index is 9.65. The van der Waals surface area contributed by atoms with Crippen LogP contribution in [0.25, 0.3) is 100 Å². The predicted molar refractivity (Wildman–Crippen MR) is 206 cm³/mol. The van der Waals surface area contributed by atoms with E-state index in [1.165, 1.54) is 5.56 Å². The van der Waals surface area contributed by atoms with Gasteiger partial charge in [-0.2, -0.15) is 5.26 Å². The molecule has 0 fully saturated rings. The molecule has 0 bridgehead atoms. The minimum atomic E-state index is 0.498. The van der Waals surface area contributed by atoms with Crippen LogP contribution in [0.2, 0.25) is 0 Å². The fourth-order valence-corrected chi connectivity index (χ4v) is 7.08. The molecule has 0 N–H and O–H groups in total. The van der Waals surface area contributed by atoms with Crippen molar-refractivity contribution in [2.45, 2.75) is 0 Å². The Balaban J connectivity index is 1.11. The van der Waals surface area contributed by atoms with Gasteiger partial charge >= 0.3 is 0 Å². The Morgan fingerprint density at radius 2 is 1.00 bits per heavy atom. The Morgan fingerprint density at radius 1 is 0.404 bits per heavy atom. The maximum absolute atomic E-state index is 9.65. The van der Waals surface area contributed by atoms with E-state index in [1.807, 2.05) is 91.0 Å². The van der Waals surface area contributed by atoms with Crippen LogP contribution in [0.1, 0.15) is 5.56 Å². The van der Waals surface area contributed by atoms with Crippen LogP contribution in [0.3, 0.4) is 0 Å². The second kappa shape index (κ2) is 11.9. The molecule has 0 aliphatic heterocycles. The van der Waals surface area contributed by atoms with Crippen LogP contribution in [0.4, 0.5) is 0 Å². The summed E-state index contributed by atoms with van der Waals surface area (Å²) in [5.41, 5.74) is 10.3. The zero-order valence-corrected chi connectivity index (χ0v) is 27.6. The topological polar surface area (TPSA) is 88.7 Å². The number of nitrogens with zero attached hydrogens (tertiary/aromatic N) is 4. The summed E-state index contributed by atoms with van der Waals surface area (Å²) in [4.78, 5) is 14.9. The summed E-state index contributed by atoms with van der Waals surface area (Å²) in [5.74, 6) is 1.60. The normalized spacial score (nSPS) is 11.4. The highest BCUT2D eigenvalue weighted by Gasteiger charge is 2.18. The molecular weight excluding hydrogens is 641 g/mol. The first-order valence-corrected chi connectivity index (χ1v) is 17.0. The monoisotopic (exact) mass is 666 g/mol. The van der Waals surface area contributed by atoms with Crippen molar-refractivity contribution in [3.8, 4) is 62.5 Å². The van der Waals surface area contributed by atoms with Gasteiger partial charge in [0.1, 0.15) is 22.8 Å². The number of benzene rings is 7. The van der Waals surface area contributed by atoms with Crippen molar-refractivity contribution in [3.63, 3.8) is 0 Å². The average molecular weight is 667 g/mol. The zero-order valence-electron chi connectivity index (χ0n) is 27.6. The number of aromatic nitrogens is 3. The number of nitriles is 1. The number of hydrogen-bond donors (Lipinski definition) is 0. The number of furan rings is 2. The third-order valence-electron chi connectivity index (χ3n) is 9.58. The largest absolute Gasteiger partial charge is 0.456 e. The van der Waals surface area contributed by atoms with E-state index in [2.05, 4.69) is 66.7 Å². The van der Waals surface area contributed by atoms with Gasteiger partial charge in [-0.3, -0.25) is 0 Å². The lowest BCUT2D eigenvalue weighted by molar-refractivity contribution is 0.667. The van der Waals surface area contributed by atoms with Gasteiger partial charge in [-0.15, -0.1) is 0 Å². The van der Waals surface area contributed by atoms with Gasteiger partial charge in [0.2, 0.25) is 0 Å². The maximum Gasteiger partial charge on any atom is 0.164 e. The summed E-state index contributed by atoms with van der Waals surface area (Å²) in [7, 11) is 0. The van der Waals surface area contributed by atoms with Gasteiger partial charge in [0.05, 0.1) is 5.56 Å². The summed E-state index contributed by atoms with van der Waals surface area (Å²) in [5, 5.41) is 13.6. The molecule has 0 saturated heterocycles. The van der Waals surface area contributed by atoms with Crippen LogP contribution in [0.15, 0.2) is 167 Å². The number of fused-ring (bicyclic) bond motifs is 6. The molecule has 3 aromatic heterocycles. The van der Waals surface area contributed by atoms with Crippen LogP contribution in [0, 0.1) is 11.3 Å². The SMILES string of the molecule is N#Cc1cccc2c1oc1cc(-c3nc(-c4ccccc4)nc(-c4ccc5c(c4)oc4cccc(-c6cccc(-c7ccccc7)c6)c45)n3)ccc12. The van der Waals surface area contributed by atoms with Gasteiger partial charge in [-0.1, -0.05) is 115 Å². The molecule has 0 amide bonds. The molecule has 6 heteroatoms. The second-order valence-corrected chi connectivity index (χ2v) is 12.7.